The van der Waals surface area contributed by atoms with Gasteiger partial charge in [-0.15, -0.1) is 0 Å². The van der Waals surface area contributed by atoms with Gasteiger partial charge in [-0.1, -0.05) is 18.2 Å². The van der Waals surface area contributed by atoms with Crippen molar-refractivity contribution in [3.63, 3.8) is 0 Å². The molecule has 0 atom stereocenters. The number of nitrogens with zero attached hydrogens (tertiary/aromatic N) is 4. The number of hydrogen-bond donors (Lipinski definition) is 1. The van der Waals surface area contributed by atoms with E-state index in [-0.39, 0.29) is 22.8 Å². The molecule has 1 N–H and O–H groups in total. The molecule has 1 amide bonds. The van der Waals surface area contributed by atoms with Crippen molar-refractivity contribution in [1.29, 1.82) is 0 Å². The highest BCUT2D eigenvalue weighted by molar-refractivity contribution is 6.02. The quantitative estimate of drug-likeness (QED) is 0.557. The van der Waals surface area contributed by atoms with Crippen molar-refractivity contribution in [2.75, 3.05) is 5.32 Å². The molecule has 0 fully saturated rings. The van der Waals surface area contributed by atoms with Gasteiger partial charge in [0.1, 0.15) is 11.5 Å². The van der Waals surface area contributed by atoms with E-state index in [1.165, 1.54) is 47.2 Å². The minimum Gasteiger partial charge on any atom is -0.305 e. The Balaban J connectivity index is 1.75. The Morgan fingerprint density at radius 1 is 1.03 bits per heavy atom. The number of pyridine rings is 1. The number of aromatic nitrogens is 4. The van der Waals surface area contributed by atoms with E-state index >= 15 is 0 Å². The number of halogens is 3. The first-order valence-electron chi connectivity index (χ1n) is 8.58. The summed E-state index contributed by atoms with van der Waals surface area (Å²) in [6.07, 6.45) is -1.56. The molecule has 1 aromatic carbocycles. The molecule has 0 unspecified atom stereocenters. The molecule has 3 heterocycles. The Bertz CT molecular complexity index is 1220. The van der Waals surface area contributed by atoms with E-state index in [0.717, 1.165) is 11.6 Å². The van der Waals surface area contributed by atoms with Gasteiger partial charge in [-0.25, -0.2) is 4.98 Å². The summed E-state index contributed by atoms with van der Waals surface area (Å²) < 4.78 is 41.3. The van der Waals surface area contributed by atoms with Crippen molar-refractivity contribution in [3.05, 3.63) is 77.7 Å². The smallest absolute Gasteiger partial charge is 0.305 e. The summed E-state index contributed by atoms with van der Waals surface area (Å²) in [4.78, 5) is 20.6. The number of carbonyl (C=O) groups excluding carboxylic acids is 1. The van der Waals surface area contributed by atoms with Crippen LogP contribution in [-0.2, 0) is 6.18 Å². The van der Waals surface area contributed by atoms with Crippen LogP contribution >= 0.6 is 0 Å². The van der Waals surface area contributed by atoms with Crippen LogP contribution in [0.25, 0.3) is 16.9 Å². The van der Waals surface area contributed by atoms with E-state index in [9.17, 15) is 18.0 Å². The molecule has 4 rings (SSSR count). The fourth-order valence-electron chi connectivity index (χ4n) is 2.92. The number of amides is 1. The van der Waals surface area contributed by atoms with Crippen molar-refractivity contribution in [2.24, 2.45) is 0 Å². The van der Waals surface area contributed by atoms with E-state index in [2.05, 4.69) is 20.4 Å². The van der Waals surface area contributed by atoms with Gasteiger partial charge < -0.3 is 5.32 Å². The SMILES string of the molecule is Cc1ccnc(C(=O)Nc2ccnc3cc(-c4ccccc4C(F)(F)F)nn23)c1. The first-order chi connectivity index (χ1) is 13.8. The number of alkyl halides is 3. The molecular weight excluding hydrogens is 383 g/mol. The highest BCUT2D eigenvalue weighted by atomic mass is 19.4. The molecule has 0 aliphatic carbocycles. The van der Waals surface area contributed by atoms with Gasteiger partial charge in [-0.2, -0.15) is 22.8 Å². The van der Waals surface area contributed by atoms with Crippen LogP contribution in [0.5, 0.6) is 0 Å². The molecule has 9 heteroatoms. The largest absolute Gasteiger partial charge is 0.417 e. The molecule has 0 aliphatic heterocycles. The van der Waals surface area contributed by atoms with Crippen LogP contribution in [0.4, 0.5) is 19.0 Å². The Kier molecular flexibility index (Phi) is 4.50. The molecule has 0 saturated heterocycles. The van der Waals surface area contributed by atoms with Crippen LogP contribution in [-0.4, -0.2) is 25.5 Å². The van der Waals surface area contributed by atoms with Crippen LogP contribution in [0.1, 0.15) is 21.6 Å². The van der Waals surface area contributed by atoms with Gasteiger partial charge in [-0.05, 0) is 36.8 Å². The molecule has 6 nitrogen and oxygen atoms in total. The van der Waals surface area contributed by atoms with Crippen molar-refractivity contribution in [1.82, 2.24) is 19.6 Å². The van der Waals surface area contributed by atoms with Crippen molar-refractivity contribution < 1.29 is 18.0 Å². The second-order valence-corrected chi connectivity index (χ2v) is 6.35. The number of benzene rings is 1. The molecular formula is C20H14F3N5O. The van der Waals surface area contributed by atoms with Crippen LogP contribution in [0.15, 0.2) is 60.9 Å². The summed E-state index contributed by atoms with van der Waals surface area (Å²) in [6.45, 7) is 1.83. The molecule has 0 spiro atoms. The van der Waals surface area contributed by atoms with Crippen LogP contribution in [0, 0.1) is 6.92 Å². The monoisotopic (exact) mass is 397 g/mol. The van der Waals surface area contributed by atoms with Crippen molar-refractivity contribution in [2.45, 2.75) is 13.1 Å². The lowest BCUT2D eigenvalue weighted by molar-refractivity contribution is -0.137. The summed E-state index contributed by atoms with van der Waals surface area (Å²) in [5.74, 6) is -0.201. The summed E-state index contributed by atoms with van der Waals surface area (Å²) in [5.41, 5.74) is 0.619. The fraction of sp³-hybridized carbons (Fsp3) is 0.100. The number of carbonyl (C=O) groups is 1. The number of aryl methyl sites for hydroxylation is 1. The van der Waals surface area contributed by atoms with Gasteiger partial charge >= 0.3 is 6.18 Å². The third-order valence-electron chi connectivity index (χ3n) is 4.26. The molecule has 0 radical (unpaired) electrons. The molecule has 3 aromatic heterocycles. The standard InChI is InChI=1S/C20H14F3N5O/c1-12-6-8-24-16(10-12)19(29)26-17-7-9-25-18-11-15(27-28(17)18)13-4-2-3-5-14(13)20(21,22)23/h2-11H,1H3,(H,26,29). The lowest BCUT2D eigenvalue weighted by Gasteiger charge is -2.10. The molecule has 146 valence electrons. The van der Waals surface area contributed by atoms with E-state index in [1.807, 2.05) is 6.92 Å². The van der Waals surface area contributed by atoms with Crippen LogP contribution in [0.3, 0.4) is 0 Å². The van der Waals surface area contributed by atoms with Gasteiger partial charge in [0.05, 0.1) is 11.3 Å². The van der Waals surface area contributed by atoms with Crippen molar-refractivity contribution >= 4 is 17.4 Å². The highest BCUT2D eigenvalue weighted by Crippen LogP contribution is 2.36. The predicted molar refractivity (Wildman–Crippen MR) is 100 cm³/mol. The van der Waals surface area contributed by atoms with E-state index < -0.39 is 17.6 Å². The first-order valence-corrected chi connectivity index (χ1v) is 8.58. The normalized spacial score (nSPS) is 11.6. The molecule has 29 heavy (non-hydrogen) atoms. The maximum absolute atomic E-state index is 13.3. The highest BCUT2D eigenvalue weighted by Gasteiger charge is 2.34. The number of anilines is 1. The average molecular weight is 397 g/mol. The average Bonchev–Trinajstić information content (AvgIpc) is 3.12. The minimum atomic E-state index is -4.52. The lowest BCUT2D eigenvalue weighted by atomic mass is 10.0. The lowest BCUT2D eigenvalue weighted by Crippen LogP contribution is -2.16. The summed E-state index contributed by atoms with van der Waals surface area (Å²) in [6, 6.07) is 11.5. The van der Waals surface area contributed by atoms with Gasteiger partial charge in [-0.3, -0.25) is 9.78 Å². The van der Waals surface area contributed by atoms with Crippen molar-refractivity contribution in [3.8, 4) is 11.3 Å². The van der Waals surface area contributed by atoms with Crippen LogP contribution < -0.4 is 5.32 Å². The number of nitrogens with one attached hydrogen (secondary N) is 1. The third kappa shape index (κ3) is 3.66. The van der Waals surface area contributed by atoms with E-state index in [0.29, 0.717) is 5.65 Å². The second kappa shape index (κ2) is 7.01. The van der Waals surface area contributed by atoms with E-state index in [1.54, 1.807) is 12.1 Å². The van der Waals surface area contributed by atoms with Gasteiger partial charge in [0.15, 0.2) is 5.65 Å². The number of fused-ring (bicyclic) bond motifs is 1. The summed E-state index contributed by atoms with van der Waals surface area (Å²) >= 11 is 0. The van der Waals surface area contributed by atoms with Gasteiger partial charge in [0.2, 0.25) is 0 Å². The fourth-order valence-corrected chi connectivity index (χ4v) is 2.92. The Morgan fingerprint density at radius 2 is 1.79 bits per heavy atom. The summed E-state index contributed by atoms with van der Waals surface area (Å²) in [7, 11) is 0. The zero-order valence-corrected chi connectivity index (χ0v) is 15.1. The Hall–Kier alpha value is -3.75. The maximum Gasteiger partial charge on any atom is 0.417 e. The van der Waals surface area contributed by atoms with Gasteiger partial charge in [0.25, 0.3) is 5.91 Å². The predicted octanol–water partition coefficient (Wildman–Crippen LogP) is 4.37. The minimum absolute atomic E-state index is 0.0665. The van der Waals surface area contributed by atoms with Crippen LogP contribution in [0.2, 0.25) is 0 Å². The summed E-state index contributed by atoms with van der Waals surface area (Å²) in [5, 5.41) is 6.92. The topological polar surface area (TPSA) is 72.2 Å². The van der Waals surface area contributed by atoms with Gasteiger partial charge in [0, 0.05) is 24.0 Å². The zero-order chi connectivity index (χ0) is 20.6. The zero-order valence-electron chi connectivity index (χ0n) is 15.1. The maximum atomic E-state index is 13.3. The molecule has 0 bridgehead atoms. The first kappa shape index (κ1) is 18.6. The number of rotatable bonds is 3. The molecule has 0 aliphatic rings. The molecule has 4 aromatic rings. The third-order valence-corrected chi connectivity index (χ3v) is 4.26. The van der Waals surface area contributed by atoms with E-state index in [4.69, 9.17) is 0 Å². The molecule has 0 saturated carbocycles. The Labute approximate surface area is 163 Å². The number of hydrogen-bond acceptors (Lipinski definition) is 4. The Morgan fingerprint density at radius 3 is 2.55 bits per heavy atom. The second-order valence-electron chi connectivity index (χ2n) is 6.35.